The van der Waals surface area contributed by atoms with Gasteiger partial charge < -0.3 is 15.2 Å². The number of pyridine rings is 1. The Balaban J connectivity index is 2.81. The zero-order chi connectivity index (χ0) is 12.1. The average Bonchev–Trinajstić information content (AvgIpc) is 2.26. The van der Waals surface area contributed by atoms with Crippen molar-refractivity contribution in [2.75, 3.05) is 7.11 Å². The molecule has 90 valence electrons. The van der Waals surface area contributed by atoms with E-state index in [1.165, 1.54) is 0 Å². The van der Waals surface area contributed by atoms with Crippen molar-refractivity contribution in [3.8, 4) is 5.75 Å². The Morgan fingerprint density at radius 3 is 2.50 bits per heavy atom. The monoisotopic (exact) mass is 224 g/mol. The van der Waals surface area contributed by atoms with Gasteiger partial charge in [-0.15, -0.1) is 0 Å². The number of rotatable bonds is 5. The molecule has 0 bridgehead atoms. The molecule has 0 radical (unpaired) electrons. The Bertz CT molecular complexity index is 329. The largest absolute Gasteiger partial charge is 0.489 e. The Morgan fingerprint density at radius 2 is 1.94 bits per heavy atom. The van der Waals surface area contributed by atoms with Crippen LogP contribution in [-0.4, -0.2) is 24.3 Å². The van der Waals surface area contributed by atoms with Gasteiger partial charge >= 0.3 is 0 Å². The van der Waals surface area contributed by atoms with E-state index in [0.29, 0.717) is 0 Å². The van der Waals surface area contributed by atoms with Gasteiger partial charge in [-0.2, -0.15) is 0 Å². The summed E-state index contributed by atoms with van der Waals surface area (Å²) in [7, 11) is 1.65. The van der Waals surface area contributed by atoms with Gasteiger partial charge in [0.15, 0.2) is 0 Å². The quantitative estimate of drug-likeness (QED) is 0.830. The van der Waals surface area contributed by atoms with Crippen LogP contribution in [0.3, 0.4) is 0 Å². The van der Waals surface area contributed by atoms with Gasteiger partial charge in [-0.1, -0.05) is 0 Å². The molecule has 0 aliphatic carbocycles. The minimum absolute atomic E-state index is 0.0453. The van der Waals surface area contributed by atoms with E-state index < -0.39 is 0 Å². The van der Waals surface area contributed by atoms with Crippen LogP contribution in [0, 0.1) is 0 Å². The number of aromatic nitrogens is 1. The van der Waals surface area contributed by atoms with Crippen LogP contribution < -0.4 is 10.5 Å². The van der Waals surface area contributed by atoms with Crippen molar-refractivity contribution in [1.82, 2.24) is 4.98 Å². The minimum Gasteiger partial charge on any atom is -0.489 e. The maximum atomic E-state index is 6.03. The van der Waals surface area contributed by atoms with Gasteiger partial charge in [0.2, 0.25) is 0 Å². The van der Waals surface area contributed by atoms with Gasteiger partial charge in [0.25, 0.3) is 0 Å². The summed E-state index contributed by atoms with van der Waals surface area (Å²) < 4.78 is 10.8. The average molecular weight is 224 g/mol. The Kier molecular flexibility index (Phi) is 4.71. The lowest BCUT2D eigenvalue weighted by Crippen LogP contribution is -2.25. The van der Waals surface area contributed by atoms with Crippen molar-refractivity contribution in [2.45, 2.75) is 39.0 Å². The maximum absolute atomic E-state index is 6.03. The van der Waals surface area contributed by atoms with E-state index in [0.717, 1.165) is 11.3 Å². The molecule has 0 saturated carbocycles. The maximum Gasteiger partial charge on any atom is 0.138 e. The lowest BCUT2D eigenvalue weighted by atomic mass is 10.1. The Hall–Kier alpha value is -1.13. The highest BCUT2D eigenvalue weighted by Gasteiger charge is 2.15. The first-order valence-corrected chi connectivity index (χ1v) is 5.44. The summed E-state index contributed by atoms with van der Waals surface area (Å²) in [4.78, 5) is 4.11. The highest BCUT2D eigenvalue weighted by Crippen LogP contribution is 2.20. The van der Waals surface area contributed by atoms with E-state index in [2.05, 4.69) is 4.98 Å². The van der Waals surface area contributed by atoms with Crippen molar-refractivity contribution >= 4 is 0 Å². The molecule has 1 aromatic heterocycles. The summed E-state index contributed by atoms with van der Waals surface area (Å²) in [6.07, 6.45) is 3.52. The molecule has 1 rings (SSSR count). The highest BCUT2D eigenvalue weighted by atomic mass is 16.5. The summed E-state index contributed by atoms with van der Waals surface area (Å²) in [5.41, 5.74) is 6.95. The predicted molar refractivity (Wildman–Crippen MR) is 63.4 cm³/mol. The van der Waals surface area contributed by atoms with E-state index in [1.807, 2.05) is 26.8 Å². The first-order chi connectivity index (χ1) is 7.54. The molecule has 1 aromatic rings. The normalized spacial score (nSPS) is 14.9. The van der Waals surface area contributed by atoms with E-state index in [4.69, 9.17) is 15.2 Å². The molecule has 16 heavy (non-hydrogen) atoms. The topological polar surface area (TPSA) is 57.4 Å². The third-order valence-corrected chi connectivity index (χ3v) is 2.37. The van der Waals surface area contributed by atoms with E-state index in [9.17, 15) is 0 Å². The van der Waals surface area contributed by atoms with Gasteiger partial charge in [-0.3, -0.25) is 4.98 Å². The first-order valence-electron chi connectivity index (χ1n) is 5.44. The van der Waals surface area contributed by atoms with Crippen LogP contribution in [0.25, 0.3) is 0 Å². The number of hydrogen-bond donors (Lipinski definition) is 1. The molecule has 0 fully saturated rings. The van der Waals surface area contributed by atoms with Crippen LogP contribution in [0.5, 0.6) is 5.75 Å². The van der Waals surface area contributed by atoms with Crippen molar-refractivity contribution in [3.05, 3.63) is 24.0 Å². The number of nitrogens with two attached hydrogens (primary N) is 1. The summed E-state index contributed by atoms with van der Waals surface area (Å²) in [5, 5.41) is 0. The molecule has 4 heteroatoms. The number of hydrogen-bond acceptors (Lipinski definition) is 4. The zero-order valence-electron chi connectivity index (χ0n) is 10.3. The molecule has 0 amide bonds. The summed E-state index contributed by atoms with van der Waals surface area (Å²) in [6.45, 7) is 5.88. The molecule has 1 heterocycles. The molecule has 2 atom stereocenters. The van der Waals surface area contributed by atoms with E-state index in [1.54, 1.807) is 19.5 Å². The fraction of sp³-hybridized carbons (Fsp3) is 0.583. The molecular weight excluding hydrogens is 204 g/mol. The number of nitrogens with zero attached hydrogens (tertiary/aromatic N) is 1. The van der Waals surface area contributed by atoms with Gasteiger partial charge in [-0.25, -0.2) is 0 Å². The van der Waals surface area contributed by atoms with Crippen molar-refractivity contribution < 1.29 is 9.47 Å². The molecule has 0 spiro atoms. The first kappa shape index (κ1) is 12.9. The highest BCUT2D eigenvalue weighted by molar-refractivity contribution is 5.26. The van der Waals surface area contributed by atoms with Crippen LogP contribution in [0.1, 0.15) is 32.4 Å². The number of ether oxygens (including phenoxy) is 2. The van der Waals surface area contributed by atoms with Crippen molar-refractivity contribution in [3.63, 3.8) is 0 Å². The summed E-state index contributed by atoms with van der Waals surface area (Å²) in [5.74, 6) is 0.742. The molecule has 0 aliphatic rings. The summed E-state index contributed by atoms with van der Waals surface area (Å²) in [6, 6.07) is 1.72. The molecular formula is C12H20N2O2. The van der Waals surface area contributed by atoms with Gasteiger partial charge in [0, 0.05) is 13.3 Å². The third kappa shape index (κ3) is 3.47. The van der Waals surface area contributed by atoms with Crippen LogP contribution in [0.15, 0.2) is 18.5 Å². The van der Waals surface area contributed by atoms with Crippen LogP contribution in [0.4, 0.5) is 0 Å². The van der Waals surface area contributed by atoms with Crippen molar-refractivity contribution in [1.29, 1.82) is 0 Å². The molecule has 2 N–H and O–H groups in total. The lowest BCUT2D eigenvalue weighted by Gasteiger charge is -2.19. The van der Waals surface area contributed by atoms with Gasteiger partial charge in [0.1, 0.15) is 5.75 Å². The van der Waals surface area contributed by atoms with Crippen LogP contribution >= 0.6 is 0 Å². The van der Waals surface area contributed by atoms with Crippen LogP contribution in [0.2, 0.25) is 0 Å². The second kappa shape index (κ2) is 5.82. The standard InChI is InChI=1S/C12H20N2O2/c1-8(2)16-11-5-10(6-14-7-11)12(13)9(3)15-4/h5-9,12H,13H2,1-4H3. The molecule has 0 aromatic carbocycles. The second-order valence-corrected chi connectivity index (χ2v) is 4.09. The second-order valence-electron chi connectivity index (χ2n) is 4.09. The fourth-order valence-corrected chi connectivity index (χ4v) is 1.37. The smallest absolute Gasteiger partial charge is 0.138 e. The van der Waals surface area contributed by atoms with E-state index >= 15 is 0 Å². The van der Waals surface area contributed by atoms with Crippen LogP contribution in [-0.2, 0) is 4.74 Å². The lowest BCUT2D eigenvalue weighted by molar-refractivity contribution is 0.0954. The minimum atomic E-state index is -0.187. The Morgan fingerprint density at radius 1 is 1.25 bits per heavy atom. The molecule has 0 aliphatic heterocycles. The van der Waals surface area contributed by atoms with E-state index in [-0.39, 0.29) is 18.2 Å². The molecule has 4 nitrogen and oxygen atoms in total. The Labute approximate surface area is 96.8 Å². The molecule has 0 saturated heterocycles. The zero-order valence-corrected chi connectivity index (χ0v) is 10.3. The van der Waals surface area contributed by atoms with Gasteiger partial charge in [0.05, 0.1) is 24.4 Å². The predicted octanol–water partition coefficient (Wildman–Crippen LogP) is 1.90. The van der Waals surface area contributed by atoms with Gasteiger partial charge in [-0.05, 0) is 32.4 Å². The third-order valence-electron chi connectivity index (χ3n) is 2.37. The SMILES string of the molecule is COC(C)C(N)c1cncc(OC(C)C)c1. The number of methoxy groups -OCH3 is 1. The summed E-state index contributed by atoms with van der Waals surface area (Å²) >= 11 is 0. The molecule has 2 unspecified atom stereocenters. The fourth-order valence-electron chi connectivity index (χ4n) is 1.37. The van der Waals surface area contributed by atoms with Crippen molar-refractivity contribution in [2.24, 2.45) is 5.73 Å².